The summed E-state index contributed by atoms with van der Waals surface area (Å²) in [4.78, 5) is 12.7. The van der Waals surface area contributed by atoms with Gasteiger partial charge in [-0.1, -0.05) is 60.1 Å². The summed E-state index contributed by atoms with van der Waals surface area (Å²) in [5, 5.41) is 4.71. The zero-order valence-corrected chi connectivity index (χ0v) is 15.8. The number of halogens is 1. The topological polar surface area (TPSA) is 44.1 Å². The SMILES string of the molecule is O=C(OCc1cn(-c2ccccc2)nc1-c1ccccc1)c1ccc(Cl)s1. The number of benzene rings is 2. The lowest BCUT2D eigenvalue weighted by atomic mass is 10.1. The van der Waals surface area contributed by atoms with E-state index in [-0.39, 0.29) is 6.61 Å². The predicted molar refractivity (Wildman–Crippen MR) is 107 cm³/mol. The third-order valence-corrected chi connectivity index (χ3v) is 5.20. The number of nitrogens with zero attached hydrogens (tertiary/aromatic N) is 2. The van der Waals surface area contributed by atoms with E-state index in [1.807, 2.05) is 66.9 Å². The maximum atomic E-state index is 12.3. The van der Waals surface area contributed by atoms with E-state index in [2.05, 4.69) is 0 Å². The number of para-hydroxylation sites is 1. The summed E-state index contributed by atoms with van der Waals surface area (Å²) >= 11 is 7.10. The fourth-order valence-corrected chi connectivity index (χ4v) is 3.64. The van der Waals surface area contributed by atoms with Crippen molar-refractivity contribution in [2.45, 2.75) is 6.61 Å². The number of hydrogen-bond donors (Lipinski definition) is 0. The monoisotopic (exact) mass is 394 g/mol. The molecule has 0 saturated heterocycles. The lowest BCUT2D eigenvalue weighted by Gasteiger charge is -2.04. The van der Waals surface area contributed by atoms with Gasteiger partial charge in [0, 0.05) is 17.3 Å². The first-order valence-electron chi connectivity index (χ1n) is 8.32. The van der Waals surface area contributed by atoms with Gasteiger partial charge in [0.25, 0.3) is 0 Å². The van der Waals surface area contributed by atoms with Crippen LogP contribution in [0, 0.1) is 0 Å². The molecular weight excluding hydrogens is 380 g/mol. The minimum absolute atomic E-state index is 0.130. The van der Waals surface area contributed by atoms with Gasteiger partial charge in [-0.25, -0.2) is 9.48 Å². The zero-order chi connectivity index (χ0) is 18.6. The number of hydrogen-bond acceptors (Lipinski definition) is 4. The number of ether oxygens (including phenoxy) is 1. The van der Waals surface area contributed by atoms with Crippen LogP contribution in [0.1, 0.15) is 15.2 Å². The Morgan fingerprint density at radius 2 is 1.70 bits per heavy atom. The van der Waals surface area contributed by atoms with E-state index in [9.17, 15) is 4.79 Å². The van der Waals surface area contributed by atoms with E-state index in [4.69, 9.17) is 21.4 Å². The van der Waals surface area contributed by atoms with Crippen molar-refractivity contribution in [3.8, 4) is 16.9 Å². The first-order valence-corrected chi connectivity index (χ1v) is 9.52. The summed E-state index contributed by atoms with van der Waals surface area (Å²) in [6, 6.07) is 23.0. The van der Waals surface area contributed by atoms with Crippen molar-refractivity contribution < 1.29 is 9.53 Å². The van der Waals surface area contributed by atoms with Gasteiger partial charge < -0.3 is 4.74 Å². The van der Waals surface area contributed by atoms with Crippen molar-refractivity contribution in [1.82, 2.24) is 9.78 Å². The van der Waals surface area contributed by atoms with Crippen LogP contribution >= 0.6 is 22.9 Å². The van der Waals surface area contributed by atoms with Crippen molar-refractivity contribution in [2.75, 3.05) is 0 Å². The number of esters is 1. The third-order valence-electron chi connectivity index (χ3n) is 3.99. The molecular formula is C21H15ClN2O2S. The Balaban J connectivity index is 1.64. The van der Waals surface area contributed by atoms with Crippen LogP contribution in [0.5, 0.6) is 0 Å². The van der Waals surface area contributed by atoms with Crippen LogP contribution in [0.25, 0.3) is 16.9 Å². The normalized spacial score (nSPS) is 10.7. The van der Waals surface area contributed by atoms with Gasteiger partial charge in [-0.05, 0) is 24.3 Å². The fourth-order valence-electron chi connectivity index (χ4n) is 2.71. The highest BCUT2D eigenvalue weighted by Gasteiger charge is 2.16. The number of aromatic nitrogens is 2. The molecule has 0 fully saturated rings. The molecule has 134 valence electrons. The second kappa shape index (κ2) is 7.78. The molecule has 0 N–H and O–H groups in total. The summed E-state index contributed by atoms with van der Waals surface area (Å²) in [5.74, 6) is -0.390. The van der Waals surface area contributed by atoms with E-state index in [0.29, 0.717) is 9.21 Å². The Bertz CT molecular complexity index is 1060. The summed E-state index contributed by atoms with van der Waals surface area (Å²) < 4.78 is 7.86. The van der Waals surface area contributed by atoms with Gasteiger partial charge in [-0.2, -0.15) is 5.10 Å². The van der Waals surface area contributed by atoms with Gasteiger partial charge in [-0.3, -0.25) is 0 Å². The zero-order valence-electron chi connectivity index (χ0n) is 14.2. The highest BCUT2D eigenvalue weighted by atomic mass is 35.5. The van der Waals surface area contributed by atoms with E-state index in [0.717, 1.165) is 22.5 Å². The van der Waals surface area contributed by atoms with Crippen molar-refractivity contribution >= 4 is 28.9 Å². The molecule has 0 unspecified atom stereocenters. The molecule has 6 heteroatoms. The smallest absolute Gasteiger partial charge is 0.348 e. The highest BCUT2D eigenvalue weighted by Crippen LogP contribution is 2.26. The molecule has 2 heterocycles. The molecule has 4 nitrogen and oxygen atoms in total. The standard InChI is InChI=1S/C21H15ClN2O2S/c22-19-12-11-18(27-19)21(25)26-14-16-13-24(17-9-5-2-6-10-17)23-20(16)15-7-3-1-4-8-15/h1-13H,14H2. The van der Waals surface area contributed by atoms with Crippen molar-refractivity contribution in [2.24, 2.45) is 0 Å². The Hall–Kier alpha value is -2.89. The number of carbonyl (C=O) groups excluding carboxylic acids is 1. The van der Waals surface area contributed by atoms with Gasteiger partial charge in [0.1, 0.15) is 11.5 Å². The highest BCUT2D eigenvalue weighted by molar-refractivity contribution is 7.17. The second-order valence-corrected chi connectivity index (χ2v) is 7.54. The van der Waals surface area contributed by atoms with E-state index < -0.39 is 5.97 Å². The third kappa shape index (κ3) is 3.94. The van der Waals surface area contributed by atoms with Crippen LogP contribution in [0.3, 0.4) is 0 Å². The number of thiophene rings is 1. The summed E-state index contributed by atoms with van der Waals surface area (Å²) in [5.41, 5.74) is 3.53. The molecule has 2 aromatic carbocycles. The van der Waals surface area contributed by atoms with Crippen LogP contribution in [0.4, 0.5) is 0 Å². The van der Waals surface area contributed by atoms with Gasteiger partial charge in [-0.15, -0.1) is 11.3 Å². The maximum absolute atomic E-state index is 12.3. The molecule has 4 aromatic rings. The summed E-state index contributed by atoms with van der Waals surface area (Å²) in [6.07, 6.45) is 1.90. The lowest BCUT2D eigenvalue weighted by molar-refractivity contribution is 0.0479. The first-order chi connectivity index (χ1) is 13.2. The molecule has 0 aliphatic heterocycles. The van der Waals surface area contributed by atoms with Crippen molar-refractivity contribution in [3.63, 3.8) is 0 Å². The fraction of sp³-hybridized carbons (Fsp3) is 0.0476. The van der Waals surface area contributed by atoms with Crippen molar-refractivity contribution in [1.29, 1.82) is 0 Å². The van der Waals surface area contributed by atoms with E-state index in [1.54, 1.807) is 16.8 Å². The molecule has 0 saturated carbocycles. The second-order valence-electron chi connectivity index (χ2n) is 5.83. The first kappa shape index (κ1) is 17.5. The molecule has 0 aliphatic carbocycles. The maximum Gasteiger partial charge on any atom is 0.348 e. The number of carbonyl (C=O) groups is 1. The minimum atomic E-state index is -0.390. The average Bonchev–Trinajstić information content (AvgIpc) is 3.34. The largest absolute Gasteiger partial charge is 0.456 e. The molecule has 0 spiro atoms. The Labute approximate surface area is 165 Å². The molecule has 0 amide bonds. The summed E-state index contributed by atoms with van der Waals surface area (Å²) in [7, 11) is 0. The van der Waals surface area contributed by atoms with Gasteiger partial charge >= 0.3 is 5.97 Å². The average molecular weight is 395 g/mol. The molecule has 2 aromatic heterocycles. The molecule has 4 rings (SSSR count). The quantitative estimate of drug-likeness (QED) is 0.413. The van der Waals surface area contributed by atoms with Gasteiger partial charge in [0.15, 0.2) is 0 Å². The lowest BCUT2D eigenvalue weighted by Crippen LogP contribution is -2.03. The Morgan fingerprint density at radius 1 is 1.00 bits per heavy atom. The van der Waals surface area contributed by atoms with Gasteiger partial charge in [0.2, 0.25) is 0 Å². The molecule has 0 bridgehead atoms. The predicted octanol–water partition coefficient (Wildman–Crippen LogP) is 5.61. The van der Waals surface area contributed by atoms with Crippen LogP contribution in [-0.4, -0.2) is 15.7 Å². The molecule has 0 radical (unpaired) electrons. The Morgan fingerprint density at radius 3 is 2.37 bits per heavy atom. The molecule has 0 atom stereocenters. The number of rotatable bonds is 5. The summed E-state index contributed by atoms with van der Waals surface area (Å²) in [6.45, 7) is 0.130. The minimum Gasteiger partial charge on any atom is -0.456 e. The van der Waals surface area contributed by atoms with Crippen LogP contribution in [0.2, 0.25) is 4.34 Å². The van der Waals surface area contributed by atoms with Crippen molar-refractivity contribution in [3.05, 3.63) is 93.8 Å². The van der Waals surface area contributed by atoms with Crippen LogP contribution in [0.15, 0.2) is 79.0 Å². The van der Waals surface area contributed by atoms with E-state index >= 15 is 0 Å². The van der Waals surface area contributed by atoms with Crippen LogP contribution < -0.4 is 0 Å². The Kier molecular flexibility index (Phi) is 5.05. The van der Waals surface area contributed by atoms with Crippen LogP contribution in [-0.2, 0) is 11.3 Å². The van der Waals surface area contributed by atoms with Gasteiger partial charge in [0.05, 0.1) is 15.7 Å². The molecule has 27 heavy (non-hydrogen) atoms. The van der Waals surface area contributed by atoms with E-state index in [1.165, 1.54) is 11.3 Å². The molecule has 0 aliphatic rings.